The summed E-state index contributed by atoms with van der Waals surface area (Å²) < 4.78 is 2.93. The summed E-state index contributed by atoms with van der Waals surface area (Å²) in [5.41, 5.74) is 5.61. The van der Waals surface area contributed by atoms with E-state index in [0.29, 0.717) is 5.56 Å². The highest BCUT2D eigenvalue weighted by Crippen LogP contribution is 2.13. The van der Waals surface area contributed by atoms with Gasteiger partial charge in [-0.05, 0) is 43.3 Å². The van der Waals surface area contributed by atoms with Gasteiger partial charge < -0.3 is 5.73 Å². The first-order valence-electron chi connectivity index (χ1n) is 3.47. The number of benzene rings is 1. The van der Waals surface area contributed by atoms with Crippen LogP contribution in [0.2, 0.25) is 0 Å². The first-order valence-corrected chi connectivity index (χ1v) is 4.29. The van der Waals surface area contributed by atoms with E-state index in [1.165, 1.54) is 11.9 Å². The molecule has 0 aliphatic heterocycles. The van der Waals surface area contributed by atoms with Crippen molar-refractivity contribution in [1.29, 1.82) is 0 Å². The molecule has 0 aromatic heterocycles. The number of nitrogens with two attached hydrogens (primary N) is 1. The lowest BCUT2D eigenvalue weighted by Crippen LogP contribution is -2.10. The van der Waals surface area contributed by atoms with Gasteiger partial charge in [0.1, 0.15) is 0 Å². The molecule has 0 aliphatic rings. The van der Waals surface area contributed by atoms with E-state index in [-0.39, 0.29) is 0 Å². The van der Waals surface area contributed by atoms with Crippen LogP contribution in [-0.4, -0.2) is 13.0 Å². The molecule has 3 nitrogen and oxygen atoms in total. The molecule has 1 aromatic carbocycles. The van der Waals surface area contributed by atoms with Crippen LogP contribution in [0.1, 0.15) is 10.4 Å². The molecule has 1 aromatic rings. The SMILES string of the molecule is CNSc1ccc(C(N)=O)cc1. The number of rotatable bonds is 3. The lowest BCUT2D eigenvalue weighted by molar-refractivity contribution is 0.100. The normalized spacial score (nSPS) is 9.75. The second kappa shape index (κ2) is 4.13. The maximum Gasteiger partial charge on any atom is 0.248 e. The maximum atomic E-state index is 10.7. The number of amides is 1. The van der Waals surface area contributed by atoms with Crippen molar-refractivity contribution in [2.45, 2.75) is 4.90 Å². The van der Waals surface area contributed by atoms with Crippen molar-refractivity contribution in [3.63, 3.8) is 0 Å². The molecule has 0 fully saturated rings. The monoisotopic (exact) mass is 182 g/mol. The summed E-state index contributed by atoms with van der Waals surface area (Å²) in [6.07, 6.45) is 0. The Bertz CT molecular complexity index is 271. The number of nitrogens with one attached hydrogen (secondary N) is 1. The smallest absolute Gasteiger partial charge is 0.248 e. The van der Waals surface area contributed by atoms with E-state index in [1.807, 2.05) is 19.2 Å². The third-order valence-electron chi connectivity index (χ3n) is 1.36. The van der Waals surface area contributed by atoms with Gasteiger partial charge in [0, 0.05) is 10.5 Å². The number of carbonyl (C=O) groups is 1. The van der Waals surface area contributed by atoms with Crippen LogP contribution in [0.25, 0.3) is 0 Å². The summed E-state index contributed by atoms with van der Waals surface area (Å²) in [5, 5.41) is 0. The van der Waals surface area contributed by atoms with Gasteiger partial charge >= 0.3 is 0 Å². The summed E-state index contributed by atoms with van der Waals surface area (Å²) in [6.45, 7) is 0. The van der Waals surface area contributed by atoms with Crippen LogP contribution in [0.4, 0.5) is 0 Å². The molecule has 0 saturated heterocycles. The third kappa shape index (κ3) is 2.25. The van der Waals surface area contributed by atoms with Gasteiger partial charge in [0.05, 0.1) is 0 Å². The molecule has 0 atom stereocenters. The maximum absolute atomic E-state index is 10.7. The van der Waals surface area contributed by atoms with E-state index < -0.39 is 5.91 Å². The van der Waals surface area contributed by atoms with E-state index in [9.17, 15) is 4.79 Å². The quantitative estimate of drug-likeness (QED) is 0.686. The fourth-order valence-electron chi connectivity index (χ4n) is 0.805. The van der Waals surface area contributed by atoms with Crippen LogP contribution >= 0.6 is 11.9 Å². The van der Waals surface area contributed by atoms with E-state index in [1.54, 1.807) is 12.1 Å². The van der Waals surface area contributed by atoms with Crippen molar-refractivity contribution in [1.82, 2.24) is 4.72 Å². The summed E-state index contributed by atoms with van der Waals surface area (Å²) in [4.78, 5) is 11.7. The molecule has 0 bridgehead atoms. The standard InChI is InChI=1S/C8H10N2OS/c1-10-12-7-4-2-6(3-5-7)8(9)11/h2-5,10H,1H3,(H2,9,11). The summed E-state index contributed by atoms with van der Waals surface area (Å²) in [7, 11) is 1.84. The Morgan fingerprint density at radius 2 is 2.00 bits per heavy atom. The summed E-state index contributed by atoms with van der Waals surface area (Å²) >= 11 is 1.49. The van der Waals surface area contributed by atoms with Gasteiger partial charge in [-0.1, -0.05) is 0 Å². The highest BCUT2D eigenvalue weighted by atomic mass is 32.2. The molecular formula is C8H10N2OS. The molecule has 0 aliphatic carbocycles. The van der Waals surface area contributed by atoms with Crippen LogP contribution < -0.4 is 10.5 Å². The molecule has 0 spiro atoms. The predicted octanol–water partition coefficient (Wildman–Crippen LogP) is 1.01. The Kier molecular flexibility index (Phi) is 3.13. The average molecular weight is 182 g/mol. The van der Waals surface area contributed by atoms with Gasteiger partial charge in [0.25, 0.3) is 0 Å². The van der Waals surface area contributed by atoms with Crippen molar-refractivity contribution >= 4 is 17.9 Å². The minimum absolute atomic E-state index is 0.393. The molecule has 1 rings (SSSR count). The van der Waals surface area contributed by atoms with Crippen molar-refractivity contribution in [2.75, 3.05) is 7.05 Å². The van der Waals surface area contributed by atoms with Crippen LogP contribution in [0.5, 0.6) is 0 Å². The van der Waals surface area contributed by atoms with Crippen molar-refractivity contribution < 1.29 is 4.79 Å². The van der Waals surface area contributed by atoms with Crippen LogP contribution in [0, 0.1) is 0 Å². The third-order valence-corrected chi connectivity index (χ3v) is 2.07. The predicted molar refractivity (Wildman–Crippen MR) is 49.9 cm³/mol. The molecule has 0 radical (unpaired) electrons. The molecule has 12 heavy (non-hydrogen) atoms. The van der Waals surface area contributed by atoms with Gasteiger partial charge in [0.2, 0.25) is 5.91 Å². The molecule has 3 N–H and O–H groups in total. The molecule has 0 unspecified atom stereocenters. The Morgan fingerprint density at radius 3 is 2.42 bits per heavy atom. The first kappa shape index (κ1) is 9.09. The highest BCUT2D eigenvalue weighted by Gasteiger charge is 1.98. The van der Waals surface area contributed by atoms with Crippen LogP contribution in [-0.2, 0) is 0 Å². The van der Waals surface area contributed by atoms with E-state index in [4.69, 9.17) is 5.73 Å². The number of hydrogen-bond donors (Lipinski definition) is 2. The van der Waals surface area contributed by atoms with Gasteiger partial charge in [-0.3, -0.25) is 9.52 Å². The zero-order chi connectivity index (χ0) is 8.97. The molecule has 0 saturated carbocycles. The first-order chi connectivity index (χ1) is 5.74. The fraction of sp³-hybridized carbons (Fsp3) is 0.125. The van der Waals surface area contributed by atoms with E-state index in [2.05, 4.69) is 4.72 Å². The minimum atomic E-state index is -0.393. The minimum Gasteiger partial charge on any atom is -0.366 e. The lowest BCUT2D eigenvalue weighted by Gasteiger charge is -1.99. The number of carbonyl (C=O) groups excluding carboxylic acids is 1. The Balaban J connectivity index is 2.78. The van der Waals surface area contributed by atoms with Gasteiger partial charge in [0.15, 0.2) is 0 Å². The Hall–Kier alpha value is -1.00. The second-order valence-electron chi connectivity index (χ2n) is 2.19. The molecule has 64 valence electrons. The van der Waals surface area contributed by atoms with Gasteiger partial charge in [-0.25, -0.2) is 0 Å². The molecule has 1 amide bonds. The molecular weight excluding hydrogens is 172 g/mol. The average Bonchev–Trinajstić information content (AvgIpc) is 2.06. The topological polar surface area (TPSA) is 55.1 Å². The van der Waals surface area contributed by atoms with Crippen molar-refractivity contribution in [3.8, 4) is 0 Å². The van der Waals surface area contributed by atoms with Crippen LogP contribution in [0.3, 0.4) is 0 Å². The van der Waals surface area contributed by atoms with E-state index >= 15 is 0 Å². The van der Waals surface area contributed by atoms with Crippen molar-refractivity contribution in [3.05, 3.63) is 29.8 Å². The summed E-state index contributed by atoms with van der Waals surface area (Å²) in [5.74, 6) is -0.393. The van der Waals surface area contributed by atoms with E-state index in [0.717, 1.165) is 4.90 Å². The van der Waals surface area contributed by atoms with Gasteiger partial charge in [-0.2, -0.15) is 0 Å². The Labute approximate surface area is 75.5 Å². The Morgan fingerprint density at radius 1 is 1.42 bits per heavy atom. The summed E-state index contributed by atoms with van der Waals surface area (Å²) in [6, 6.07) is 7.12. The number of hydrogen-bond acceptors (Lipinski definition) is 3. The lowest BCUT2D eigenvalue weighted by atomic mass is 10.2. The molecule has 4 heteroatoms. The van der Waals surface area contributed by atoms with Gasteiger partial charge in [-0.15, -0.1) is 0 Å². The zero-order valence-corrected chi connectivity index (χ0v) is 7.52. The second-order valence-corrected chi connectivity index (χ2v) is 3.28. The number of primary amides is 1. The molecule has 0 heterocycles. The fourth-order valence-corrected chi connectivity index (χ4v) is 1.31. The largest absolute Gasteiger partial charge is 0.366 e. The highest BCUT2D eigenvalue weighted by molar-refractivity contribution is 7.97. The zero-order valence-electron chi connectivity index (χ0n) is 6.70. The van der Waals surface area contributed by atoms with Crippen LogP contribution in [0.15, 0.2) is 29.2 Å². The van der Waals surface area contributed by atoms with Crippen molar-refractivity contribution in [2.24, 2.45) is 5.73 Å².